The molecule has 1 atom stereocenters. The van der Waals surface area contributed by atoms with E-state index in [0.29, 0.717) is 54.3 Å². The molecule has 5 rings (SSSR count). The lowest BCUT2D eigenvalue weighted by Gasteiger charge is -2.22. The van der Waals surface area contributed by atoms with Crippen LogP contribution in [0.25, 0.3) is 10.9 Å². The number of benzene rings is 3. The SMILES string of the molecule is O=C(Cc1ccc(F)cc1)N1CCCN(C(=O)c2ccc(NS(=O)c3cccc4cccnc34)cc2)CC1. The van der Waals surface area contributed by atoms with Crippen LogP contribution < -0.4 is 4.72 Å². The van der Waals surface area contributed by atoms with Gasteiger partial charge >= 0.3 is 0 Å². The van der Waals surface area contributed by atoms with Gasteiger partial charge in [-0.2, -0.15) is 0 Å². The van der Waals surface area contributed by atoms with Crippen LogP contribution in [-0.4, -0.2) is 57.0 Å². The zero-order chi connectivity index (χ0) is 26.5. The molecule has 4 aromatic rings. The first-order valence-corrected chi connectivity index (χ1v) is 13.6. The number of fused-ring (bicyclic) bond motifs is 1. The molecule has 1 N–H and O–H groups in total. The summed E-state index contributed by atoms with van der Waals surface area (Å²) < 4.78 is 29.1. The van der Waals surface area contributed by atoms with Crippen molar-refractivity contribution < 1.29 is 18.2 Å². The van der Waals surface area contributed by atoms with Gasteiger partial charge in [-0.05, 0) is 60.5 Å². The molecule has 2 amide bonds. The fourth-order valence-electron chi connectivity index (χ4n) is 4.51. The quantitative estimate of drug-likeness (QED) is 0.400. The van der Waals surface area contributed by atoms with Crippen molar-refractivity contribution in [3.63, 3.8) is 0 Å². The highest BCUT2D eigenvalue weighted by atomic mass is 32.2. The monoisotopic (exact) mass is 530 g/mol. The van der Waals surface area contributed by atoms with Crippen LogP contribution >= 0.6 is 0 Å². The third-order valence-electron chi connectivity index (χ3n) is 6.54. The van der Waals surface area contributed by atoms with Crippen LogP contribution in [0.3, 0.4) is 0 Å². The normalized spacial score (nSPS) is 14.7. The number of anilines is 1. The number of hydrogen-bond acceptors (Lipinski definition) is 4. The second-order valence-corrected chi connectivity index (χ2v) is 10.3. The zero-order valence-electron chi connectivity index (χ0n) is 20.7. The van der Waals surface area contributed by atoms with Crippen LogP contribution in [0.4, 0.5) is 10.1 Å². The molecule has 7 nitrogen and oxygen atoms in total. The molecule has 38 heavy (non-hydrogen) atoms. The molecule has 0 spiro atoms. The van der Waals surface area contributed by atoms with Gasteiger partial charge in [0.05, 0.1) is 16.8 Å². The number of pyridine rings is 1. The number of halogens is 1. The van der Waals surface area contributed by atoms with Crippen LogP contribution in [0, 0.1) is 5.82 Å². The highest BCUT2D eigenvalue weighted by Gasteiger charge is 2.23. The number of amides is 2. The molecule has 1 unspecified atom stereocenters. The molecule has 2 heterocycles. The Kier molecular flexibility index (Phi) is 7.74. The van der Waals surface area contributed by atoms with Gasteiger partial charge < -0.3 is 14.5 Å². The van der Waals surface area contributed by atoms with Crippen LogP contribution in [0.1, 0.15) is 22.3 Å². The first-order valence-electron chi connectivity index (χ1n) is 12.4. The topological polar surface area (TPSA) is 82.6 Å². The Balaban J connectivity index is 1.18. The molecule has 1 fully saturated rings. The Bertz CT molecular complexity index is 1470. The van der Waals surface area contributed by atoms with Gasteiger partial charge in [0.25, 0.3) is 5.91 Å². The molecule has 0 bridgehead atoms. The molecule has 3 aromatic carbocycles. The summed E-state index contributed by atoms with van der Waals surface area (Å²) in [7, 11) is -1.52. The summed E-state index contributed by atoms with van der Waals surface area (Å²) in [6.07, 6.45) is 2.56. The summed E-state index contributed by atoms with van der Waals surface area (Å²) in [5, 5.41) is 0.911. The van der Waals surface area contributed by atoms with Gasteiger partial charge in [-0.25, -0.2) is 8.60 Å². The average molecular weight is 531 g/mol. The molecule has 1 aromatic heterocycles. The number of hydrogen-bond donors (Lipinski definition) is 1. The van der Waals surface area contributed by atoms with Crippen molar-refractivity contribution in [1.29, 1.82) is 0 Å². The highest BCUT2D eigenvalue weighted by Crippen LogP contribution is 2.21. The van der Waals surface area contributed by atoms with Crippen molar-refractivity contribution in [2.75, 3.05) is 30.9 Å². The Morgan fingerprint density at radius 2 is 1.58 bits per heavy atom. The third kappa shape index (κ3) is 5.89. The Labute approximate surface area is 222 Å². The Morgan fingerprint density at radius 3 is 2.37 bits per heavy atom. The lowest BCUT2D eigenvalue weighted by atomic mass is 10.1. The average Bonchev–Trinajstić information content (AvgIpc) is 3.20. The smallest absolute Gasteiger partial charge is 0.253 e. The fraction of sp³-hybridized carbons (Fsp3) is 0.207. The van der Waals surface area contributed by atoms with Crippen LogP contribution in [-0.2, 0) is 22.2 Å². The third-order valence-corrected chi connectivity index (χ3v) is 7.69. The molecule has 0 radical (unpaired) electrons. The van der Waals surface area contributed by atoms with Gasteiger partial charge in [0.2, 0.25) is 5.91 Å². The van der Waals surface area contributed by atoms with Crippen molar-refractivity contribution in [1.82, 2.24) is 14.8 Å². The minimum atomic E-state index is -1.52. The van der Waals surface area contributed by atoms with Gasteiger partial charge in [-0.3, -0.25) is 14.6 Å². The van der Waals surface area contributed by atoms with Crippen molar-refractivity contribution in [3.05, 3.63) is 102 Å². The number of carbonyl (C=O) groups is 2. The lowest BCUT2D eigenvalue weighted by Crippen LogP contribution is -2.38. The zero-order valence-corrected chi connectivity index (χ0v) is 21.5. The molecule has 0 saturated carbocycles. The number of aromatic nitrogens is 1. The summed E-state index contributed by atoms with van der Waals surface area (Å²) in [4.78, 5) is 34.4. The van der Waals surface area contributed by atoms with Crippen LogP contribution in [0.15, 0.2) is 90.0 Å². The maximum atomic E-state index is 13.2. The largest absolute Gasteiger partial charge is 0.341 e. The van der Waals surface area contributed by atoms with Crippen molar-refractivity contribution in [2.24, 2.45) is 0 Å². The molecule has 194 valence electrons. The number of nitrogens with one attached hydrogen (secondary N) is 1. The molecule has 1 aliphatic heterocycles. The summed E-state index contributed by atoms with van der Waals surface area (Å²) in [5.74, 6) is -0.469. The standard InChI is InChI=1S/C29H27FN4O3S/c30-24-11-7-21(8-12-24)20-27(35)33-16-3-17-34(19-18-33)29(36)23-9-13-25(14-10-23)32-38(37)26-6-1-4-22-5-2-15-31-28(22)26/h1-2,4-15,32H,3,16-20H2. The van der Waals surface area contributed by atoms with Gasteiger partial charge in [-0.1, -0.05) is 30.3 Å². The first-order chi connectivity index (χ1) is 18.5. The maximum Gasteiger partial charge on any atom is 0.253 e. The molecular formula is C29H27FN4O3S. The van der Waals surface area contributed by atoms with Crippen molar-refractivity contribution in [2.45, 2.75) is 17.7 Å². The minimum absolute atomic E-state index is 0.0317. The van der Waals surface area contributed by atoms with E-state index in [9.17, 15) is 18.2 Å². The molecule has 1 saturated heterocycles. The minimum Gasteiger partial charge on any atom is -0.341 e. The maximum absolute atomic E-state index is 13.2. The van der Waals surface area contributed by atoms with E-state index in [2.05, 4.69) is 9.71 Å². The van der Waals surface area contributed by atoms with Crippen LogP contribution in [0.2, 0.25) is 0 Å². The molecule has 1 aliphatic rings. The number of carbonyl (C=O) groups excluding carboxylic acids is 2. The summed E-state index contributed by atoms with van der Waals surface area (Å²) in [5.41, 5.74) is 2.60. The molecule has 0 aliphatic carbocycles. The van der Waals surface area contributed by atoms with E-state index >= 15 is 0 Å². The lowest BCUT2D eigenvalue weighted by molar-refractivity contribution is -0.130. The van der Waals surface area contributed by atoms with Crippen molar-refractivity contribution >= 4 is 39.4 Å². The number of rotatable bonds is 6. The van der Waals surface area contributed by atoms with Gasteiger partial charge in [-0.15, -0.1) is 0 Å². The second kappa shape index (κ2) is 11.5. The first kappa shape index (κ1) is 25.5. The van der Waals surface area contributed by atoms with Gasteiger partial charge in [0.1, 0.15) is 5.82 Å². The Morgan fingerprint density at radius 1 is 0.868 bits per heavy atom. The van der Waals surface area contributed by atoms with Crippen molar-refractivity contribution in [3.8, 4) is 0 Å². The summed E-state index contributed by atoms with van der Waals surface area (Å²) >= 11 is 0. The number of para-hydroxylation sites is 1. The van der Waals surface area contributed by atoms with E-state index < -0.39 is 11.0 Å². The second-order valence-electron chi connectivity index (χ2n) is 9.11. The molecule has 9 heteroatoms. The van der Waals surface area contributed by atoms with E-state index in [4.69, 9.17) is 0 Å². The van der Waals surface area contributed by atoms with E-state index in [-0.39, 0.29) is 24.1 Å². The van der Waals surface area contributed by atoms with E-state index in [1.54, 1.807) is 58.5 Å². The van der Waals surface area contributed by atoms with Gasteiger partial charge in [0.15, 0.2) is 11.0 Å². The molecular weight excluding hydrogens is 503 g/mol. The number of nitrogens with zero attached hydrogens (tertiary/aromatic N) is 3. The Hall–Kier alpha value is -4.11. The predicted octanol–water partition coefficient (Wildman–Crippen LogP) is 4.43. The van der Waals surface area contributed by atoms with Gasteiger partial charge in [0, 0.05) is 49.0 Å². The fourth-order valence-corrected chi connectivity index (χ4v) is 5.52. The predicted molar refractivity (Wildman–Crippen MR) is 145 cm³/mol. The summed E-state index contributed by atoms with van der Waals surface area (Å²) in [6.45, 7) is 2.01. The highest BCUT2D eigenvalue weighted by molar-refractivity contribution is 7.86. The van der Waals surface area contributed by atoms with E-state index in [1.165, 1.54) is 12.1 Å². The summed E-state index contributed by atoms with van der Waals surface area (Å²) in [6, 6.07) is 22.2. The van der Waals surface area contributed by atoms with E-state index in [1.807, 2.05) is 24.3 Å². The van der Waals surface area contributed by atoms with E-state index in [0.717, 1.165) is 10.9 Å². The van der Waals surface area contributed by atoms with Crippen LogP contribution in [0.5, 0.6) is 0 Å².